The summed E-state index contributed by atoms with van der Waals surface area (Å²) in [5, 5.41) is 0. The van der Waals surface area contributed by atoms with Crippen molar-refractivity contribution in [3.8, 4) is 11.1 Å². The normalized spacial score (nSPS) is 10.5. The fourth-order valence-electron chi connectivity index (χ4n) is 1.79. The van der Waals surface area contributed by atoms with E-state index in [2.05, 4.69) is 95.4 Å². The summed E-state index contributed by atoms with van der Waals surface area (Å²) in [7, 11) is 0. The molecule has 2 aromatic carbocycles. The molecule has 0 nitrogen and oxygen atoms in total. The highest BCUT2D eigenvalue weighted by Gasteiger charge is 2.06. The van der Waals surface area contributed by atoms with Crippen LogP contribution in [-0.4, -0.2) is 0 Å². The van der Waals surface area contributed by atoms with Crippen LogP contribution in [0.1, 0.15) is 11.1 Å². The zero-order chi connectivity index (χ0) is 11.7. The number of aryl methyl sites for hydroxylation is 1. The largest absolute Gasteiger partial charge is 0.0606 e. The number of hydrogen-bond donors (Lipinski definition) is 0. The summed E-state index contributed by atoms with van der Waals surface area (Å²) in [4.78, 5) is 0. The van der Waals surface area contributed by atoms with Crippen LogP contribution < -0.4 is 0 Å². The average molecular weight is 434 g/mol. The summed E-state index contributed by atoms with van der Waals surface area (Å²) in [5.41, 5.74) is 5.38. The molecule has 0 heterocycles. The van der Waals surface area contributed by atoms with Crippen molar-refractivity contribution in [2.45, 2.75) is 13.8 Å². The molecule has 0 aliphatic heterocycles. The fraction of sp³-hybridized carbons (Fsp3) is 0.143. The molecule has 0 fully saturated rings. The molecule has 2 rings (SSSR count). The Kier molecular flexibility index (Phi) is 3.89. The van der Waals surface area contributed by atoms with Gasteiger partial charge >= 0.3 is 0 Å². The van der Waals surface area contributed by atoms with Gasteiger partial charge in [-0.05, 0) is 93.4 Å². The molecule has 0 radical (unpaired) electrons. The van der Waals surface area contributed by atoms with Crippen molar-refractivity contribution in [3.05, 3.63) is 54.7 Å². The van der Waals surface area contributed by atoms with E-state index < -0.39 is 0 Å². The van der Waals surface area contributed by atoms with Crippen molar-refractivity contribution in [1.29, 1.82) is 0 Å². The lowest BCUT2D eigenvalue weighted by atomic mass is 9.99. The van der Waals surface area contributed by atoms with Crippen LogP contribution in [-0.2, 0) is 0 Å². The van der Waals surface area contributed by atoms with Gasteiger partial charge in [-0.15, -0.1) is 0 Å². The van der Waals surface area contributed by atoms with Crippen molar-refractivity contribution >= 4 is 45.2 Å². The second-order valence-corrected chi connectivity index (χ2v) is 6.20. The van der Waals surface area contributed by atoms with Gasteiger partial charge in [-0.1, -0.05) is 24.3 Å². The van der Waals surface area contributed by atoms with E-state index in [4.69, 9.17) is 0 Å². The fourth-order valence-corrected chi connectivity index (χ4v) is 2.80. The van der Waals surface area contributed by atoms with Gasteiger partial charge in [-0.2, -0.15) is 0 Å². The predicted molar refractivity (Wildman–Crippen MR) is 86.8 cm³/mol. The average Bonchev–Trinajstić information content (AvgIpc) is 2.26. The van der Waals surface area contributed by atoms with Gasteiger partial charge in [0.2, 0.25) is 0 Å². The maximum atomic E-state index is 2.43. The lowest BCUT2D eigenvalue weighted by Gasteiger charge is -2.10. The molecule has 0 atom stereocenters. The molecule has 0 aromatic heterocycles. The highest BCUT2D eigenvalue weighted by atomic mass is 127. The van der Waals surface area contributed by atoms with Gasteiger partial charge in [-0.25, -0.2) is 0 Å². The Balaban J connectivity index is 2.61. The molecule has 16 heavy (non-hydrogen) atoms. The first kappa shape index (κ1) is 12.4. The van der Waals surface area contributed by atoms with Gasteiger partial charge in [0.05, 0.1) is 0 Å². The Morgan fingerprint density at radius 1 is 0.938 bits per heavy atom. The SMILES string of the molecule is Cc1ccc(-c2cccc(I)c2)c(C)c1I. The molecule has 0 unspecified atom stereocenters. The van der Waals surface area contributed by atoms with Crippen molar-refractivity contribution < 1.29 is 0 Å². The highest BCUT2D eigenvalue weighted by molar-refractivity contribution is 14.1. The third kappa shape index (κ3) is 2.42. The van der Waals surface area contributed by atoms with Crippen LogP contribution in [0.25, 0.3) is 11.1 Å². The van der Waals surface area contributed by atoms with Crippen LogP contribution in [0.3, 0.4) is 0 Å². The Hall–Kier alpha value is -0.100. The lowest BCUT2D eigenvalue weighted by molar-refractivity contribution is 1.34. The smallest absolute Gasteiger partial charge is 0.0194 e. The summed E-state index contributed by atoms with van der Waals surface area (Å²) in [6, 6.07) is 13.1. The van der Waals surface area contributed by atoms with E-state index >= 15 is 0 Å². The van der Waals surface area contributed by atoms with Crippen LogP contribution in [0.15, 0.2) is 36.4 Å². The van der Waals surface area contributed by atoms with Crippen molar-refractivity contribution in [3.63, 3.8) is 0 Å². The summed E-state index contributed by atoms with van der Waals surface area (Å²) in [5.74, 6) is 0. The van der Waals surface area contributed by atoms with Crippen molar-refractivity contribution in [2.75, 3.05) is 0 Å². The van der Waals surface area contributed by atoms with Crippen LogP contribution in [0.4, 0.5) is 0 Å². The van der Waals surface area contributed by atoms with Crippen molar-refractivity contribution in [2.24, 2.45) is 0 Å². The number of rotatable bonds is 1. The van der Waals surface area contributed by atoms with Gasteiger partial charge in [0.1, 0.15) is 0 Å². The van der Waals surface area contributed by atoms with E-state index in [0.717, 1.165) is 0 Å². The number of benzene rings is 2. The Morgan fingerprint density at radius 3 is 2.38 bits per heavy atom. The van der Waals surface area contributed by atoms with E-state index in [1.165, 1.54) is 29.4 Å². The molecule has 0 aliphatic carbocycles. The Morgan fingerprint density at radius 2 is 1.69 bits per heavy atom. The maximum Gasteiger partial charge on any atom is 0.0194 e. The molecular weight excluding hydrogens is 422 g/mol. The number of halogens is 2. The molecule has 0 saturated carbocycles. The second kappa shape index (κ2) is 5.04. The van der Waals surface area contributed by atoms with E-state index in [9.17, 15) is 0 Å². The minimum atomic E-state index is 1.28. The van der Waals surface area contributed by atoms with E-state index in [0.29, 0.717) is 0 Å². The first-order valence-corrected chi connectivity index (χ1v) is 7.27. The van der Waals surface area contributed by atoms with E-state index in [1.807, 2.05) is 0 Å². The molecule has 0 saturated heterocycles. The van der Waals surface area contributed by atoms with Crippen LogP contribution >= 0.6 is 45.2 Å². The lowest BCUT2D eigenvalue weighted by Crippen LogP contribution is -1.90. The minimum Gasteiger partial charge on any atom is -0.0606 e. The zero-order valence-corrected chi connectivity index (χ0v) is 13.5. The van der Waals surface area contributed by atoms with Gasteiger partial charge in [0, 0.05) is 7.14 Å². The summed E-state index contributed by atoms with van der Waals surface area (Å²) in [6.45, 7) is 4.36. The molecule has 0 amide bonds. The molecule has 0 bridgehead atoms. The molecule has 2 aromatic rings. The van der Waals surface area contributed by atoms with Crippen LogP contribution in [0.5, 0.6) is 0 Å². The van der Waals surface area contributed by atoms with E-state index in [1.54, 1.807) is 0 Å². The monoisotopic (exact) mass is 434 g/mol. The predicted octanol–water partition coefficient (Wildman–Crippen LogP) is 5.18. The quantitative estimate of drug-likeness (QED) is 0.543. The highest BCUT2D eigenvalue weighted by Crippen LogP contribution is 2.29. The molecule has 2 heteroatoms. The number of hydrogen-bond acceptors (Lipinski definition) is 0. The van der Waals surface area contributed by atoms with Gasteiger partial charge in [0.15, 0.2) is 0 Å². The van der Waals surface area contributed by atoms with E-state index in [-0.39, 0.29) is 0 Å². The molecule has 0 aliphatic rings. The topological polar surface area (TPSA) is 0 Å². The zero-order valence-electron chi connectivity index (χ0n) is 9.22. The molecule has 82 valence electrons. The standard InChI is InChI=1S/C14H12I2/c1-9-6-7-13(10(2)14(9)16)11-4-3-5-12(15)8-11/h3-8H,1-2H3. The summed E-state index contributed by atoms with van der Waals surface area (Å²) in [6.07, 6.45) is 0. The summed E-state index contributed by atoms with van der Waals surface area (Å²) < 4.78 is 2.65. The van der Waals surface area contributed by atoms with Crippen LogP contribution in [0, 0.1) is 21.0 Å². The van der Waals surface area contributed by atoms with Crippen LogP contribution in [0.2, 0.25) is 0 Å². The van der Waals surface area contributed by atoms with Gasteiger partial charge in [0.25, 0.3) is 0 Å². The van der Waals surface area contributed by atoms with Crippen molar-refractivity contribution in [1.82, 2.24) is 0 Å². The third-order valence-electron chi connectivity index (χ3n) is 2.72. The van der Waals surface area contributed by atoms with Gasteiger partial charge < -0.3 is 0 Å². The molecule has 0 spiro atoms. The second-order valence-electron chi connectivity index (χ2n) is 3.88. The van der Waals surface area contributed by atoms with Gasteiger partial charge in [-0.3, -0.25) is 0 Å². The maximum absolute atomic E-state index is 2.43. The Bertz CT molecular complexity index is 530. The first-order chi connectivity index (χ1) is 7.59. The Labute approximate surface area is 124 Å². The summed E-state index contributed by atoms with van der Waals surface area (Å²) >= 11 is 4.79. The molecule has 0 N–H and O–H groups in total. The molecular formula is C14H12I2. The first-order valence-electron chi connectivity index (χ1n) is 5.11. The minimum absolute atomic E-state index is 1.28. The third-order valence-corrected chi connectivity index (χ3v) is 5.05.